The molecule has 1 aliphatic heterocycles. The van der Waals surface area contributed by atoms with Gasteiger partial charge in [0.2, 0.25) is 0 Å². The summed E-state index contributed by atoms with van der Waals surface area (Å²) in [5.74, 6) is 0. The Morgan fingerprint density at radius 2 is 1.33 bits per heavy atom. The maximum atomic E-state index is 5.21. The standard InChI is InChI=1S/C19H39NO/c1-3-4-5-6-7-8-9-10-11-12-13-14-15-18(2)20-16-19-17-21-19/h18-20H,3-17H2,1-2H3. The summed E-state index contributed by atoms with van der Waals surface area (Å²) in [5, 5.41) is 3.56. The first-order valence-corrected chi connectivity index (χ1v) is 9.68. The molecule has 1 N–H and O–H groups in total. The summed E-state index contributed by atoms with van der Waals surface area (Å²) >= 11 is 0. The smallest absolute Gasteiger partial charge is 0.0934 e. The van der Waals surface area contributed by atoms with Crippen molar-refractivity contribution in [2.75, 3.05) is 13.2 Å². The molecule has 0 radical (unpaired) electrons. The molecule has 0 saturated carbocycles. The van der Waals surface area contributed by atoms with E-state index in [9.17, 15) is 0 Å². The number of epoxide rings is 1. The normalized spacial score (nSPS) is 18.9. The van der Waals surface area contributed by atoms with Gasteiger partial charge in [0.1, 0.15) is 0 Å². The minimum Gasteiger partial charge on any atom is -0.372 e. The fraction of sp³-hybridized carbons (Fsp3) is 1.00. The quantitative estimate of drug-likeness (QED) is 0.302. The predicted molar refractivity (Wildman–Crippen MR) is 92.9 cm³/mol. The average Bonchev–Trinajstić information content (AvgIpc) is 3.30. The number of ether oxygens (including phenoxy) is 1. The molecule has 0 aromatic rings. The van der Waals surface area contributed by atoms with Gasteiger partial charge in [-0.3, -0.25) is 0 Å². The van der Waals surface area contributed by atoms with E-state index in [1.807, 2.05) is 0 Å². The molecule has 0 aromatic carbocycles. The first kappa shape index (κ1) is 19.0. The molecule has 1 heterocycles. The van der Waals surface area contributed by atoms with E-state index in [-0.39, 0.29) is 0 Å². The first-order valence-electron chi connectivity index (χ1n) is 9.68. The molecule has 2 nitrogen and oxygen atoms in total. The number of nitrogens with one attached hydrogen (secondary N) is 1. The van der Waals surface area contributed by atoms with Gasteiger partial charge in [-0.2, -0.15) is 0 Å². The Balaban J connectivity index is 1.68. The lowest BCUT2D eigenvalue weighted by atomic mass is 10.0. The molecular weight excluding hydrogens is 258 g/mol. The van der Waals surface area contributed by atoms with Gasteiger partial charge in [-0.1, -0.05) is 84.0 Å². The van der Waals surface area contributed by atoms with Crippen molar-refractivity contribution in [1.82, 2.24) is 5.32 Å². The fourth-order valence-electron chi connectivity index (χ4n) is 2.91. The van der Waals surface area contributed by atoms with Crippen LogP contribution in [0, 0.1) is 0 Å². The van der Waals surface area contributed by atoms with E-state index in [4.69, 9.17) is 4.74 Å². The van der Waals surface area contributed by atoms with Crippen LogP contribution in [0.15, 0.2) is 0 Å². The number of rotatable bonds is 16. The first-order chi connectivity index (χ1) is 10.3. The Labute approximate surface area is 133 Å². The van der Waals surface area contributed by atoms with Crippen LogP contribution in [0.5, 0.6) is 0 Å². The van der Waals surface area contributed by atoms with Crippen molar-refractivity contribution in [3.8, 4) is 0 Å². The number of unbranched alkanes of at least 4 members (excludes halogenated alkanes) is 11. The highest BCUT2D eigenvalue weighted by atomic mass is 16.6. The van der Waals surface area contributed by atoms with Crippen molar-refractivity contribution in [2.45, 2.75) is 109 Å². The minimum absolute atomic E-state index is 0.523. The van der Waals surface area contributed by atoms with Crippen LogP contribution in [0.3, 0.4) is 0 Å². The van der Waals surface area contributed by atoms with Gasteiger partial charge in [-0.05, 0) is 13.3 Å². The highest BCUT2D eigenvalue weighted by molar-refractivity contribution is 4.74. The summed E-state index contributed by atoms with van der Waals surface area (Å²) in [6.07, 6.45) is 19.1. The summed E-state index contributed by atoms with van der Waals surface area (Å²) in [7, 11) is 0. The lowest BCUT2D eigenvalue weighted by Crippen LogP contribution is -2.29. The SMILES string of the molecule is CCCCCCCCCCCCCCC(C)NCC1CO1. The van der Waals surface area contributed by atoms with Crippen LogP contribution in [-0.4, -0.2) is 25.3 Å². The summed E-state index contributed by atoms with van der Waals surface area (Å²) in [6.45, 7) is 6.62. The van der Waals surface area contributed by atoms with Gasteiger partial charge < -0.3 is 10.1 Å². The lowest BCUT2D eigenvalue weighted by molar-refractivity contribution is 0.379. The second-order valence-electron chi connectivity index (χ2n) is 6.94. The van der Waals surface area contributed by atoms with E-state index in [1.54, 1.807) is 0 Å². The molecular formula is C19H39NO. The van der Waals surface area contributed by atoms with E-state index in [0.717, 1.165) is 13.2 Å². The van der Waals surface area contributed by atoms with E-state index < -0.39 is 0 Å². The molecule has 0 aliphatic carbocycles. The molecule has 0 bridgehead atoms. The molecule has 21 heavy (non-hydrogen) atoms. The van der Waals surface area contributed by atoms with Crippen molar-refractivity contribution in [3.63, 3.8) is 0 Å². The van der Waals surface area contributed by atoms with Gasteiger partial charge in [0.25, 0.3) is 0 Å². The minimum atomic E-state index is 0.523. The van der Waals surface area contributed by atoms with Crippen LogP contribution >= 0.6 is 0 Å². The summed E-state index contributed by atoms with van der Waals surface area (Å²) < 4.78 is 5.21. The molecule has 0 amide bonds. The van der Waals surface area contributed by atoms with Crippen LogP contribution in [0.2, 0.25) is 0 Å². The lowest BCUT2D eigenvalue weighted by Gasteiger charge is -2.12. The molecule has 0 aromatic heterocycles. The monoisotopic (exact) mass is 297 g/mol. The van der Waals surface area contributed by atoms with E-state index >= 15 is 0 Å². The van der Waals surface area contributed by atoms with Gasteiger partial charge in [0, 0.05) is 12.6 Å². The largest absolute Gasteiger partial charge is 0.372 e. The summed E-state index contributed by atoms with van der Waals surface area (Å²) in [4.78, 5) is 0. The van der Waals surface area contributed by atoms with Crippen molar-refractivity contribution < 1.29 is 4.74 Å². The topological polar surface area (TPSA) is 24.6 Å². The zero-order valence-corrected chi connectivity index (χ0v) is 14.7. The van der Waals surface area contributed by atoms with Crippen molar-refractivity contribution >= 4 is 0 Å². The zero-order valence-electron chi connectivity index (χ0n) is 14.7. The third kappa shape index (κ3) is 13.3. The van der Waals surface area contributed by atoms with Gasteiger partial charge in [0.05, 0.1) is 12.7 Å². The van der Waals surface area contributed by atoms with Crippen LogP contribution in [0.4, 0.5) is 0 Å². The summed E-state index contributed by atoms with van der Waals surface area (Å²) in [5.41, 5.74) is 0. The van der Waals surface area contributed by atoms with Gasteiger partial charge in [-0.15, -0.1) is 0 Å². The van der Waals surface area contributed by atoms with Gasteiger partial charge >= 0.3 is 0 Å². The molecule has 1 aliphatic rings. The molecule has 1 rings (SSSR count). The third-order valence-electron chi connectivity index (χ3n) is 4.59. The second kappa shape index (κ2) is 13.6. The van der Waals surface area contributed by atoms with Crippen LogP contribution in [-0.2, 0) is 4.74 Å². The van der Waals surface area contributed by atoms with Gasteiger partial charge in [0.15, 0.2) is 0 Å². The predicted octanol–water partition coefficient (Wildman–Crippen LogP) is 5.45. The average molecular weight is 298 g/mol. The maximum Gasteiger partial charge on any atom is 0.0934 e. The molecule has 1 fully saturated rings. The number of hydrogen-bond acceptors (Lipinski definition) is 2. The molecule has 1 saturated heterocycles. The fourth-order valence-corrected chi connectivity index (χ4v) is 2.91. The van der Waals surface area contributed by atoms with Crippen LogP contribution in [0.25, 0.3) is 0 Å². The molecule has 0 spiro atoms. The zero-order chi connectivity index (χ0) is 15.2. The van der Waals surface area contributed by atoms with Crippen molar-refractivity contribution in [1.29, 1.82) is 0 Å². The van der Waals surface area contributed by atoms with Crippen LogP contribution < -0.4 is 5.32 Å². The van der Waals surface area contributed by atoms with E-state index in [1.165, 1.54) is 83.5 Å². The highest BCUT2D eigenvalue weighted by Crippen LogP contribution is 2.13. The Morgan fingerprint density at radius 3 is 1.81 bits per heavy atom. The van der Waals surface area contributed by atoms with E-state index in [2.05, 4.69) is 19.2 Å². The van der Waals surface area contributed by atoms with Crippen molar-refractivity contribution in [3.05, 3.63) is 0 Å². The Kier molecular flexibility index (Phi) is 12.3. The van der Waals surface area contributed by atoms with E-state index in [0.29, 0.717) is 12.1 Å². The van der Waals surface area contributed by atoms with Crippen LogP contribution in [0.1, 0.15) is 97.3 Å². The molecule has 2 unspecified atom stereocenters. The maximum absolute atomic E-state index is 5.21. The number of hydrogen-bond donors (Lipinski definition) is 1. The highest BCUT2D eigenvalue weighted by Gasteiger charge is 2.22. The van der Waals surface area contributed by atoms with Crippen molar-refractivity contribution in [2.24, 2.45) is 0 Å². The summed E-state index contributed by atoms with van der Waals surface area (Å²) in [6, 6.07) is 0.664. The molecule has 2 heteroatoms. The third-order valence-corrected chi connectivity index (χ3v) is 4.59. The second-order valence-corrected chi connectivity index (χ2v) is 6.94. The Morgan fingerprint density at radius 1 is 0.857 bits per heavy atom. The molecule has 126 valence electrons. The molecule has 2 atom stereocenters. The van der Waals surface area contributed by atoms with Gasteiger partial charge in [-0.25, -0.2) is 0 Å². The Bertz CT molecular complexity index is 216. The Hall–Kier alpha value is -0.0800.